The first-order valence-corrected chi connectivity index (χ1v) is 18.5. The molecule has 1 saturated heterocycles. The molecule has 0 bridgehead atoms. The van der Waals surface area contributed by atoms with Crippen LogP contribution in [0.1, 0.15) is 120 Å². The number of rotatable bonds is 12. The SMILES string of the molecule is CC(C)C1CCN(C(=O)[C@@H](NC(=O)NC2(CN3C(=O)c4ccccc4C3=O)CCCCC2)C(C)(C)C)[C@@H]1C(=O)NC(CC1CCC1)C(=O)C(N)=O. The van der Waals surface area contributed by atoms with Gasteiger partial charge in [0.2, 0.25) is 17.6 Å². The Kier molecular flexibility index (Phi) is 11.3. The van der Waals surface area contributed by atoms with Crippen LogP contribution in [0.4, 0.5) is 4.79 Å². The molecular formula is C38H54N6O7. The van der Waals surface area contributed by atoms with Gasteiger partial charge in [0.25, 0.3) is 17.7 Å². The Morgan fingerprint density at radius 1 is 0.902 bits per heavy atom. The third-order valence-electron chi connectivity index (χ3n) is 11.4. The van der Waals surface area contributed by atoms with Gasteiger partial charge in [-0.1, -0.05) is 85.3 Å². The van der Waals surface area contributed by atoms with Crippen LogP contribution in [-0.2, 0) is 19.2 Å². The minimum absolute atomic E-state index is 0.0113. The van der Waals surface area contributed by atoms with Crippen LogP contribution >= 0.6 is 0 Å². The highest BCUT2D eigenvalue weighted by Crippen LogP contribution is 2.36. The molecule has 0 radical (unpaired) electrons. The first-order chi connectivity index (χ1) is 24.0. The third kappa shape index (κ3) is 8.12. The van der Waals surface area contributed by atoms with Crippen molar-refractivity contribution in [2.24, 2.45) is 28.9 Å². The number of nitrogens with two attached hydrogens (primary N) is 1. The third-order valence-corrected chi connectivity index (χ3v) is 11.4. The van der Waals surface area contributed by atoms with Crippen LogP contribution in [-0.4, -0.2) is 87.9 Å². The van der Waals surface area contributed by atoms with Gasteiger partial charge >= 0.3 is 6.03 Å². The number of fused-ring (bicyclic) bond motifs is 1. The summed E-state index contributed by atoms with van der Waals surface area (Å²) in [6, 6.07) is 3.05. The molecule has 2 saturated carbocycles. The monoisotopic (exact) mass is 706 g/mol. The number of likely N-dealkylation sites (tertiary alicyclic amines) is 1. The normalized spacial score (nSPS) is 22.9. The summed E-state index contributed by atoms with van der Waals surface area (Å²) in [5, 5.41) is 8.79. The highest BCUT2D eigenvalue weighted by atomic mass is 16.2. The lowest BCUT2D eigenvalue weighted by molar-refractivity contribution is -0.144. The summed E-state index contributed by atoms with van der Waals surface area (Å²) in [7, 11) is 0. The Morgan fingerprint density at radius 2 is 1.51 bits per heavy atom. The molecule has 13 nitrogen and oxygen atoms in total. The lowest BCUT2D eigenvalue weighted by atomic mass is 9.80. The summed E-state index contributed by atoms with van der Waals surface area (Å²) in [5.74, 6) is -3.69. The average molecular weight is 707 g/mol. The predicted molar refractivity (Wildman–Crippen MR) is 189 cm³/mol. The number of primary amides is 1. The number of hydrogen-bond acceptors (Lipinski definition) is 7. The fourth-order valence-corrected chi connectivity index (χ4v) is 8.28. The number of amides is 7. The number of hydrogen-bond donors (Lipinski definition) is 4. The molecule has 2 heterocycles. The van der Waals surface area contributed by atoms with Crippen molar-refractivity contribution in [3.63, 3.8) is 0 Å². The molecule has 5 rings (SSSR count). The van der Waals surface area contributed by atoms with E-state index in [9.17, 15) is 33.6 Å². The van der Waals surface area contributed by atoms with E-state index in [0.29, 0.717) is 36.8 Å². The highest BCUT2D eigenvalue weighted by molar-refractivity contribution is 6.37. The van der Waals surface area contributed by atoms with Crippen LogP contribution in [0.25, 0.3) is 0 Å². The van der Waals surface area contributed by atoms with E-state index in [1.165, 1.54) is 9.80 Å². The molecule has 1 aromatic rings. The van der Waals surface area contributed by atoms with Crippen molar-refractivity contribution < 1.29 is 33.6 Å². The zero-order chi connectivity index (χ0) is 37.2. The molecule has 0 aromatic heterocycles. The van der Waals surface area contributed by atoms with E-state index >= 15 is 0 Å². The molecule has 2 aliphatic carbocycles. The summed E-state index contributed by atoms with van der Waals surface area (Å²) >= 11 is 0. The number of carbonyl (C=O) groups is 7. The lowest BCUT2D eigenvalue weighted by Gasteiger charge is -2.41. The van der Waals surface area contributed by atoms with Crippen LogP contribution in [0.3, 0.4) is 0 Å². The Morgan fingerprint density at radius 3 is 2.02 bits per heavy atom. The average Bonchev–Trinajstić information content (AvgIpc) is 3.60. The first kappa shape index (κ1) is 38.0. The molecule has 13 heteroatoms. The van der Waals surface area contributed by atoms with Crippen molar-refractivity contribution in [1.29, 1.82) is 0 Å². The molecular weight excluding hydrogens is 652 g/mol. The second-order valence-electron chi connectivity index (χ2n) is 16.5. The lowest BCUT2D eigenvalue weighted by Crippen LogP contribution is -2.64. The maximum Gasteiger partial charge on any atom is 0.315 e. The van der Waals surface area contributed by atoms with Crippen LogP contribution in [0.5, 0.6) is 0 Å². The second-order valence-corrected chi connectivity index (χ2v) is 16.5. The summed E-state index contributed by atoms with van der Waals surface area (Å²) in [4.78, 5) is 96.4. The minimum atomic E-state index is -1.11. The number of Topliss-reactive ketones (excluding diaryl/α,β-unsaturated/α-hetero) is 1. The van der Waals surface area contributed by atoms with Crippen LogP contribution in [0, 0.1) is 23.2 Å². The van der Waals surface area contributed by atoms with Gasteiger partial charge in [-0.25, -0.2) is 4.79 Å². The highest BCUT2D eigenvalue weighted by Gasteiger charge is 2.49. The zero-order valence-electron chi connectivity index (χ0n) is 30.6. The van der Waals surface area contributed by atoms with Crippen molar-refractivity contribution >= 4 is 41.4 Å². The van der Waals surface area contributed by atoms with E-state index in [1.54, 1.807) is 24.3 Å². The van der Waals surface area contributed by atoms with Crippen molar-refractivity contribution in [3.05, 3.63) is 35.4 Å². The van der Waals surface area contributed by atoms with Gasteiger partial charge < -0.3 is 26.6 Å². The fraction of sp³-hybridized carbons (Fsp3) is 0.658. The molecule has 51 heavy (non-hydrogen) atoms. The standard InChI is InChI=1S/C38H54N6O7/c1-22(2)24-16-19-43(28(24)32(47)40-27(29(45)31(39)46)20-23-12-11-13-23)35(50)30(37(3,4)5)41-36(51)42-38(17-9-6-10-18-38)21-44-33(48)25-14-7-8-15-26(25)34(44)49/h7-8,14-15,22-24,27-28,30H,6,9-13,16-21H2,1-5H3,(H2,39,46)(H,40,47)(H2,41,42,51)/t24?,27?,28-,30+/m0/s1. The minimum Gasteiger partial charge on any atom is -0.363 e. The summed E-state index contributed by atoms with van der Waals surface area (Å²) < 4.78 is 0. The summed E-state index contributed by atoms with van der Waals surface area (Å²) in [6.45, 7) is 9.73. The van der Waals surface area contributed by atoms with Crippen LogP contribution in [0.2, 0.25) is 0 Å². The number of ketones is 1. The van der Waals surface area contributed by atoms with E-state index in [1.807, 2.05) is 34.6 Å². The summed E-state index contributed by atoms with van der Waals surface area (Å²) in [6.07, 6.45) is 7.35. The molecule has 2 unspecified atom stereocenters. The molecule has 2 aliphatic heterocycles. The van der Waals surface area contributed by atoms with Crippen molar-refractivity contribution in [3.8, 4) is 0 Å². The van der Waals surface area contributed by atoms with Gasteiger partial charge in [-0.3, -0.25) is 33.7 Å². The number of benzene rings is 1. The van der Waals surface area contributed by atoms with Gasteiger partial charge in [0.1, 0.15) is 12.1 Å². The van der Waals surface area contributed by atoms with E-state index in [2.05, 4.69) is 16.0 Å². The molecule has 4 atom stereocenters. The van der Waals surface area contributed by atoms with E-state index < -0.39 is 70.4 Å². The molecule has 1 aromatic carbocycles. The van der Waals surface area contributed by atoms with Crippen molar-refractivity contribution in [1.82, 2.24) is 25.8 Å². The van der Waals surface area contributed by atoms with Crippen LogP contribution in [0.15, 0.2) is 24.3 Å². The number of nitrogens with one attached hydrogen (secondary N) is 3. The van der Waals surface area contributed by atoms with Crippen LogP contribution < -0.4 is 21.7 Å². The van der Waals surface area contributed by atoms with Crippen molar-refractivity contribution in [2.75, 3.05) is 13.1 Å². The Bertz CT molecular complexity index is 1520. The van der Waals surface area contributed by atoms with Gasteiger partial charge in [-0.05, 0) is 61.0 Å². The number of imide groups is 1. The van der Waals surface area contributed by atoms with Gasteiger partial charge in [-0.15, -0.1) is 0 Å². The predicted octanol–water partition coefficient (Wildman–Crippen LogP) is 3.30. The summed E-state index contributed by atoms with van der Waals surface area (Å²) in [5.41, 5.74) is 4.38. The second kappa shape index (κ2) is 15.1. The molecule has 3 fully saturated rings. The Labute approximate surface area is 300 Å². The van der Waals surface area contributed by atoms with E-state index in [0.717, 1.165) is 38.5 Å². The van der Waals surface area contributed by atoms with Crippen molar-refractivity contribution in [2.45, 2.75) is 122 Å². The Balaban J connectivity index is 1.34. The van der Waals surface area contributed by atoms with Gasteiger partial charge in [0, 0.05) is 6.54 Å². The first-order valence-electron chi connectivity index (χ1n) is 18.5. The zero-order valence-corrected chi connectivity index (χ0v) is 30.6. The van der Waals surface area contributed by atoms with Gasteiger partial charge in [0.05, 0.1) is 29.3 Å². The smallest absolute Gasteiger partial charge is 0.315 e. The largest absolute Gasteiger partial charge is 0.363 e. The molecule has 278 valence electrons. The molecule has 4 aliphatic rings. The number of urea groups is 1. The molecule has 0 spiro atoms. The Hall–Kier alpha value is -4.29. The number of nitrogens with zero attached hydrogens (tertiary/aromatic N) is 2. The van der Waals surface area contributed by atoms with Gasteiger partial charge in [-0.2, -0.15) is 0 Å². The molecule has 5 N–H and O–H groups in total. The fourth-order valence-electron chi connectivity index (χ4n) is 8.28. The number of carbonyl (C=O) groups excluding carboxylic acids is 7. The topological polar surface area (TPSA) is 188 Å². The quantitative estimate of drug-likeness (QED) is 0.190. The van der Waals surface area contributed by atoms with Gasteiger partial charge in [0.15, 0.2) is 0 Å². The van der Waals surface area contributed by atoms with E-state index in [-0.39, 0.29) is 30.8 Å². The maximum absolute atomic E-state index is 14.5. The molecule has 7 amide bonds. The van der Waals surface area contributed by atoms with E-state index in [4.69, 9.17) is 5.73 Å². The maximum atomic E-state index is 14.5.